The van der Waals surface area contributed by atoms with E-state index in [1.54, 1.807) is 4.31 Å². The van der Waals surface area contributed by atoms with Crippen LogP contribution in [-0.2, 0) is 21.2 Å². The Bertz CT molecular complexity index is 914. The molecule has 1 saturated heterocycles. The molecule has 3 N–H and O–H groups in total. The van der Waals surface area contributed by atoms with Crippen molar-refractivity contribution in [3.05, 3.63) is 29.8 Å². The molecule has 1 amide bonds. The molecule has 1 aromatic rings. The van der Waals surface area contributed by atoms with Crippen LogP contribution in [0.1, 0.15) is 56.9 Å². The van der Waals surface area contributed by atoms with Crippen LogP contribution in [0.2, 0.25) is 0 Å². The van der Waals surface area contributed by atoms with Crippen molar-refractivity contribution >= 4 is 27.5 Å². The summed E-state index contributed by atoms with van der Waals surface area (Å²) in [6, 6.07) is 7.56. The molecule has 4 rings (SSSR count). The summed E-state index contributed by atoms with van der Waals surface area (Å²) in [5.41, 5.74) is 6.77. The number of aliphatic imine (C=N–C) groups is 1. The van der Waals surface area contributed by atoms with Gasteiger partial charge in [0.2, 0.25) is 10.0 Å². The first-order chi connectivity index (χ1) is 14.4. The van der Waals surface area contributed by atoms with Gasteiger partial charge in [0, 0.05) is 24.7 Å². The number of nitrogens with two attached hydrogens (primary N) is 1. The van der Waals surface area contributed by atoms with Crippen LogP contribution in [0.5, 0.6) is 0 Å². The monoisotopic (exact) mass is 432 g/mol. The van der Waals surface area contributed by atoms with Gasteiger partial charge < -0.3 is 11.1 Å². The van der Waals surface area contributed by atoms with E-state index in [1.807, 2.05) is 24.3 Å². The summed E-state index contributed by atoms with van der Waals surface area (Å²) in [6.07, 6.45) is 7.96. The number of benzene rings is 1. The number of sulfonamides is 1. The topological polar surface area (TPSA) is 105 Å². The maximum Gasteiger partial charge on any atom is 0.253 e. The summed E-state index contributed by atoms with van der Waals surface area (Å²) in [6.45, 7) is 0.713. The average Bonchev–Trinajstić information content (AvgIpc) is 3.05. The summed E-state index contributed by atoms with van der Waals surface area (Å²) < 4.78 is 27.1. The average molecular weight is 433 g/mol. The summed E-state index contributed by atoms with van der Waals surface area (Å²) >= 11 is 0. The van der Waals surface area contributed by atoms with Gasteiger partial charge in [-0.05, 0) is 56.2 Å². The predicted molar refractivity (Wildman–Crippen MR) is 119 cm³/mol. The molecule has 0 radical (unpaired) electrons. The number of carbonyl (C=O) groups excluding carboxylic acids is 1. The maximum absolute atomic E-state index is 12.8. The zero-order valence-electron chi connectivity index (χ0n) is 17.5. The van der Waals surface area contributed by atoms with Crippen LogP contribution in [-0.4, -0.2) is 48.8 Å². The molecule has 1 spiro atoms. The van der Waals surface area contributed by atoms with Crippen molar-refractivity contribution in [2.45, 2.75) is 63.3 Å². The maximum atomic E-state index is 12.8. The van der Waals surface area contributed by atoms with E-state index in [2.05, 4.69) is 5.32 Å². The van der Waals surface area contributed by atoms with E-state index in [1.165, 1.54) is 19.3 Å². The van der Waals surface area contributed by atoms with Gasteiger partial charge in [0.1, 0.15) is 11.4 Å². The Kier molecular flexibility index (Phi) is 6.16. The molecule has 3 aliphatic rings. The molecule has 0 bridgehead atoms. The Morgan fingerprint density at radius 2 is 1.90 bits per heavy atom. The molecule has 2 fully saturated rings. The van der Waals surface area contributed by atoms with E-state index in [0.29, 0.717) is 50.4 Å². The summed E-state index contributed by atoms with van der Waals surface area (Å²) in [7, 11) is -3.34. The molecule has 30 heavy (non-hydrogen) atoms. The minimum absolute atomic E-state index is 0.0400. The van der Waals surface area contributed by atoms with Crippen LogP contribution in [0.3, 0.4) is 0 Å². The Hall–Kier alpha value is -1.93. The lowest BCUT2D eigenvalue weighted by molar-refractivity contribution is -0.125. The number of piperidine rings is 1. The van der Waals surface area contributed by atoms with E-state index >= 15 is 0 Å². The molecular weight excluding hydrogens is 400 g/mol. The lowest BCUT2D eigenvalue weighted by Gasteiger charge is -2.34. The SMILES string of the molecule is Nc1cccc(CCCS(=O)(=O)N2CCC3(CC2)N=C(C2CCCCC2)NC3=O)c1. The number of hydrogen-bond acceptors (Lipinski definition) is 5. The van der Waals surface area contributed by atoms with Gasteiger partial charge in [-0.15, -0.1) is 0 Å². The molecule has 0 unspecified atom stereocenters. The molecule has 2 heterocycles. The third-order valence-corrected chi connectivity index (χ3v) is 8.71. The summed E-state index contributed by atoms with van der Waals surface area (Å²) in [5.74, 6) is 1.27. The molecular formula is C22H32N4O3S. The largest absolute Gasteiger partial charge is 0.399 e. The van der Waals surface area contributed by atoms with Gasteiger partial charge in [0.15, 0.2) is 0 Å². The second-order valence-corrected chi connectivity index (χ2v) is 11.0. The van der Waals surface area contributed by atoms with Gasteiger partial charge in [0.05, 0.1) is 5.75 Å². The van der Waals surface area contributed by atoms with Crippen LogP contribution >= 0.6 is 0 Å². The Morgan fingerprint density at radius 1 is 1.17 bits per heavy atom. The zero-order chi connectivity index (χ0) is 21.2. The van der Waals surface area contributed by atoms with Crippen LogP contribution in [0, 0.1) is 5.92 Å². The molecule has 8 heteroatoms. The van der Waals surface area contributed by atoms with Gasteiger partial charge in [-0.1, -0.05) is 31.4 Å². The smallest absolute Gasteiger partial charge is 0.253 e. The second kappa shape index (κ2) is 8.67. The number of amidine groups is 1. The van der Waals surface area contributed by atoms with Gasteiger partial charge in [-0.25, -0.2) is 12.7 Å². The van der Waals surface area contributed by atoms with Crippen molar-refractivity contribution in [3.63, 3.8) is 0 Å². The lowest BCUT2D eigenvalue weighted by atomic mass is 9.88. The number of anilines is 1. The molecule has 2 aliphatic heterocycles. The number of amides is 1. The number of nitrogen functional groups attached to an aromatic ring is 1. The third-order valence-electron chi connectivity index (χ3n) is 6.75. The third kappa shape index (κ3) is 4.54. The van der Waals surface area contributed by atoms with Crippen molar-refractivity contribution in [1.82, 2.24) is 9.62 Å². The fourth-order valence-corrected chi connectivity index (χ4v) is 6.43. The van der Waals surface area contributed by atoms with Crippen LogP contribution < -0.4 is 11.1 Å². The number of hydrogen-bond donors (Lipinski definition) is 2. The molecule has 164 valence electrons. The van der Waals surface area contributed by atoms with E-state index in [0.717, 1.165) is 24.2 Å². The van der Waals surface area contributed by atoms with Crippen molar-refractivity contribution in [2.24, 2.45) is 10.9 Å². The minimum atomic E-state index is -3.34. The highest BCUT2D eigenvalue weighted by molar-refractivity contribution is 7.89. The molecule has 1 aliphatic carbocycles. The first kappa shape index (κ1) is 21.3. The number of carbonyl (C=O) groups is 1. The highest BCUT2D eigenvalue weighted by Crippen LogP contribution is 2.34. The van der Waals surface area contributed by atoms with E-state index in [4.69, 9.17) is 10.7 Å². The van der Waals surface area contributed by atoms with Crippen LogP contribution in [0.25, 0.3) is 0 Å². The quantitative estimate of drug-likeness (QED) is 0.674. The standard InChI is InChI=1S/C22H32N4O3S/c23-19-10-4-6-17(16-19)7-5-15-30(28,29)26-13-11-22(12-14-26)21(27)24-20(25-22)18-8-2-1-3-9-18/h4,6,10,16,18H,1-3,5,7-9,11-15,23H2,(H,24,25,27). The van der Waals surface area contributed by atoms with E-state index < -0.39 is 15.6 Å². The van der Waals surface area contributed by atoms with Crippen molar-refractivity contribution < 1.29 is 13.2 Å². The minimum Gasteiger partial charge on any atom is -0.399 e. The summed E-state index contributed by atoms with van der Waals surface area (Å²) in [5, 5.41) is 3.03. The first-order valence-electron chi connectivity index (χ1n) is 11.1. The van der Waals surface area contributed by atoms with Crippen LogP contribution in [0.4, 0.5) is 5.69 Å². The van der Waals surface area contributed by atoms with Gasteiger partial charge in [0.25, 0.3) is 5.91 Å². The van der Waals surface area contributed by atoms with Gasteiger partial charge >= 0.3 is 0 Å². The number of nitrogens with one attached hydrogen (secondary N) is 1. The Balaban J connectivity index is 1.33. The fraction of sp³-hybridized carbons (Fsp3) is 0.636. The number of rotatable bonds is 6. The Labute approximate surface area is 179 Å². The molecule has 0 aromatic heterocycles. The molecule has 1 aromatic carbocycles. The zero-order valence-corrected chi connectivity index (χ0v) is 18.3. The highest BCUT2D eigenvalue weighted by Gasteiger charge is 2.48. The van der Waals surface area contributed by atoms with Crippen LogP contribution in [0.15, 0.2) is 29.3 Å². The Morgan fingerprint density at radius 3 is 2.60 bits per heavy atom. The first-order valence-corrected chi connectivity index (χ1v) is 12.7. The molecule has 7 nitrogen and oxygen atoms in total. The van der Waals surface area contributed by atoms with E-state index in [9.17, 15) is 13.2 Å². The fourth-order valence-electron chi connectivity index (χ4n) is 4.92. The number of aryl methyl sites for hydroxylation is 1. The van der Waals surface area contributed by atoms with E-state index in [-0.39, 0.29) is 11.7 Å². The lowest BCUT2D eigenvalue weighted by Crippen LogP contribution is -2.50. The number of nitrogens with zero attached hydrogens (tertiary/aromatic N) is 2. The predicted octanol–water partition coefficient (Wildman–Crippen LogP) is 2.47. The highest BCUT2D eigenvalue weighted by atomic mass is 32.2. The van der Waals surface area contributed by atoms with Gasteiger partial charge in [-0.3, -0.25) is 9.79 Å². The molecule has 0 atom stereocenters. The van der Waals surface area contributed by atoms with Gasteiger partial charge in [-0.2, -0.15) is 0 Å². The van der Waals surface area contributed by atoms with Crippen molar-refractivity contribution in [1.29, 1.82) is 0 Å². The second-order valence-electron chi connectivity index (χ2n) is 8.88. The van der Waals surface area contributed by atoms with Crippen molar-refractivity contribution in [3.8, 4) is 0 Å². The van der Waals surface area contributed by atoms with Crippen molar-refractivity contribution in [2.75, 3.05) is 24.6 Å². The normalized spacial score (nSPS) is 22.8. The molecule has 1 saturated carbocycles. The summed E-state index contributed by atoms with van der Waals surface area (Å²) in [4.78, 5) is 17.5.